The van der Waals surface area contributed by atoms with Crippen LogP contribution in [0.3, 0.4) is 0 Å². The van der Waals surface area contributed by atoms with Gasteiger partial charge in [-0.15, -0.1) is 0 Å². The molecule has 2 aliphatic heterocycles. The van der Waals surface area contributed by atoms with Gasteiger partial charge in [-0.2, -0.15) is 0 Å². The van der Waals surface area contributed by atoms with E-state index in [2.05, 4.69) is 0 Å². The summed E-state index contributed by atoms with van der Waals surface area (Å²) in [6.07, 6.45) is 2.56. The summed E-state index contributed by atoms with van der Waals surface area (Å²) in [6.45, 7) is 7.77. The third kappa shape index (κ3) is 3.60. The topological polar surface area (TPSA) is 59.0 Å². The van der Waals surface area contributed by atoms with Crippen molar-refractivity contribution in [3.05, 3.63) is 0 Å². The van der Waals surface area contributed by atoms with Crippen LogP contribution in [0.2, 0.25) is 0 Å². The second kappa shape index (κ2) is 5.29. The first-order chi connectivity index (χ1) is 8.84. The number of carbonyl (C=O) groups is 1. The highest BCUT2D eigenvalue weighted by Gasteiger charge is 2.44. The maximum atomic E-state index is 12.1. The van der Waals surface area contributed by atoms with E-state index in [-0.39, 0.29) is 24.2 Å². The molecule has 2 fully saturated rings. The number of ether oxygens (including phenoxy) is 2. The van der Waals surface area contributed by atoms with E-state index >= 15 is 0 Å². The van der Waals surface area contributed by atoms with Crippen LogP contribution < -0.4 is 0 Å². The van der Waals surface area contributed by atoms with Crippen LogP contribution in [-0.2, 0) is 9.47 Å². The van der Waals surface area contributed by atoms with Gasteiger partial charge in [-0.1, -0.05) is 0 Å². The van der Waals surface area contributed by atoms with Crippen molar-refractivity contribution >= 4 is 6.09 Å². The molecule has 0 aliphatic carbocycles. The Hall–Kier alpha value is -0.810. The van der Waals surface area contributed by atoms with E-state index in [1.54, 1.807) is 4.90 Å². The summed E-state index contributed by atoms with van der Waals surface area (Å²) in [7, 11) is 0. The second-order valence-electron chi connectivity index (χ2n) is 6.83. The molecule has 5 heteroatoms. The summed E-state index contributed by atoms with van der Waals surface area (Å²) in [4.78, 5) is 13.9. The molecule has 0 aromatic heterocycles. The predicted molar refractivity (Wildman–Crippen MR) is 70.9 cm³/mol. The van der Waals surface area contributed by atoms with E-state index < -0.39 is 5.60 Å². The first-order valence-electron chi connectivity index (χ1n) is 7.04. The Morgan fingerprint density at radius 3 is 2.84 bits per heavy atom. The van der Waals surface area contributed by atoms with E-state index in [0.29, 0.717) is 13.2 Å². The van der Waals surface area contributed by atoms with E-state index in [0.717, 1.165) is 25.8 Å². The fourth-order valence-electron chi connectivity index (χ4n) is 2.99. The Kier molecular flexibility index (Phi) is 4.06. The van der Waals surface area contributed by atoms with Crippen LogP contribution in [-0.4, -0.2) is 54.1 Å². The molecule has 19 heavy (non-hydrogen) atoms. The minimum Gasteiger partial charge on any atom is -0.444 e. The van der Waals surface area contributed by atoms with Crippen molar-refractivity contribution in [2.24, 2.45) is 5.41 Å². The molecular formula is C14H25NO4. The smallest absolute Gasteiger partial charge is 0.410 e. The third-order valence-corrected chi connectivity index (χ3v) is 3.80. The number of rotatable bonds is 1. The number of piperidine rings is 1. The zero-order valence-corrected chi connectivity index (χ0v) is 12.1. The van der Waals surface area contributed by atoms with Gasteiger partial charge in [-0.3, -0.25) is 0 Å². The lowest BCUT2D eigenvalue weighted by Gasteiger charge is -2.39. The second-order valence-corrected chi connectivity index (χ2v) is 6.83. The molecule has 0 aromatic carbocycles. The number of aliphatic hydroxyl groups excluding tert-OH is 1. The predicted octanol–water partition coefficient (Wildman–Crippen LogP) is 1.78. The lowest BCUT2D eigenvalue weighted by Crippen LogP contribution is -2.48. The molecule has 2 rings (SSSR count). The molecule has 0 bridgehead atoms. The molecule has 2 atom stereocenters. The monoisotopic (exact) mass is 271 g/mol. The molecule has 0 unspecified atom stereocenters. The van der Waals surface area contributed by atoms with Crippen LogP contribution >= 0.6 is 0 Å². The summed E-state index contributed by atoms with van der Waals surface area (Å²) in [6, 6.07) is 0. The summed E-state index contributed by atoms with van der Waals surface area (Å²) in [5.41, 5.74) is -0.440. The van der Waals surface area contributed by atoms with Gasteiger partial charge in [0.2, 0.25) is 0 Å². The molecular weight excluding hydrogens is 246 g/mol. The number of hydrogen-bond acceptors (Lipinski definition) is 4. The van der Waals surface area contributed by atoms with Gasteiger partial charge in [0, 0.05) is 18.5 Å². The molecule has 0 aromatic rings. The Morgan fingerprint density at radius 1 is 1.53 bits per heavy atom. The molecule has 2 aliphatic rings. The fraction of sp³-hybridized carbons (Fsp3) is 0.929. The highest BCUT2D eigenvalue weighted by molar-refractivity contribution is 5.68. The zero-order valence-electron chi connectivity index (χ0n) is 12.1. The third-order valence-electron chi connectivity index (χ3n) is 3.80. The Labute approximate surface area is 114 Å². The molecule has 110 valence electrons. The van der Waals surface area contributed by atoms with Crippen molar-refractivity contribution in [2.75, 3.05) is 26.3 Å². The largest absolute Gasteiger partial charge is 0.444 e. The summed E-state index contributed by atoms with van der Waals surface area (Å²) in [5.74, 6) is 0. The highest BCUT2D eigenvalue weighted by Crippen LogP contribution is 2.40. The average Bonchev–Trinajstić information content (AvgIpc) is 2.70. The first-order valence-corrected chi connectivity index (χ1v) is 7.04. The maximum Gasteiger partial charge on any atom is 0.410 e. The number of hydrogen-bond donors (Lipinski definition) is 1. The normalized spacial score (nSPS) is 31.8. The molecule has 5 nitrogen and oxygen atoms in total. The quantitative estimate of drug-likeness (QED) is 0.790. The summed E-state index contributed by atoms with van der Waals surface area (Å²) < 4.78 is 11.0. The van der Waals surface area contributed by atoms with Crippen LogP contribution in [0.25, 0.3) is 0 Å². The molecule has 0 saturated carbocycles. The van der Waals surface area contributed by atoms with Crippen LogP contribution in [0.15, 0.2) is 0 Å². The Morgan fingerprint density at radius 2 is 2.26 bits per heavy atom. The van der Waals surface area contributed by atoms with Gasteiger partial charge in [-0.25, -0.2) is 4.79 Å². The lowest BCUT2D eigenvalue weighted by molar-refractivity contribution is 0.000839. The number of carbonyl (C=O) groups excluding carboxylic acids is 1. The highest BCUT2D eigenvalue weighted by atomic mass is 16.6. The minimum atomic E-state index is -0.457. The van der Waals surface area contributed by atoms with E-state index in [1.807, 2.05) is 20.8 Å². The first kappa shape index (κ1) is 14.6. The fourth-order valence-corrected chi connectivity index (χ4v) is 2.99. The average molecular weight is 271 g/mol. The molecule has 1 spiro atoms. The number of likely N-dealkylation sites (tertiary alicyclic amines) is 1. The van der Waals surface area contributed by atoms with Crippen molar-refractivity contribution < 1.29 is 19.4 Å². The van der Waals surface area contributed by atoms with Crippen LogP contribution in [0, 0.1) is 5.41 Å². The van der Waals surface area contributed by atoms with Gasteiger partial charge in [0.1, 0.15) is 5.60 Å². The van der Waals surface area contributed by atoms with E-state index in [4.69, 9.17) is 9.47 Å². The molecule has 2 heterocycles. The number of aliphatic hydroxyl groups is 1. The zero-order chi connectivity index (χ0) is 14.1. The lowest BCUT2D eigenvalue weighted by atomic mass is 9.78. The van der Waals surface area contributed by atoms with Crippen molar-refractivity contribution in [1.82, 2.24) is 4.90 Å². The van der Waals surface area contributed by atoms with Gasteiger partial charge in [0.05, 0.1) is 19.3 Å². The minimum absolute atomic E-state index is 0.0164. The van der Waals surface area contributed by atoms with Crippen molar-refractivity contribution in [2.45, 2.75) is 51.7 Å². The van der Waals surface area contributed by atoms with Crippen LogP contribution in [0.4, 0.5) is 4.79 Å². The van der Waals surface area contributed by atoms with Crippen molar-refractivity contribution in [1.29, 1.82) is 0 Å². The molecule has 0 radical (unpaired) electrons. The van der Waals surface area contributed by atoms with Gasteiger partial charge in [0.25, 0.3) is 0 Å². The SMILES string of the molecule is CC(C)(C)OC(=O)N1CCC[C@@]2(CO[C@H](CO)C2)C1. The molecule has 1 N–H and O–H groups in total. The maximum absolute atomic E-state index is 12.1. The van der Waals surface area contributed by atoms with Gasteiger partial charge in [-0.05, 0) is 40.0 Å². The van der Waals surface area contributed by atoms with Crippen LogP contribution in [0.5, 0.6) is 0 Å². The Balaban J connectivity index is 1.96. The molecule has 1 amide bonds. The van der Waals surface area contributed by atoms with E-state index in [1.165, 1.54) is 0 Å². The summed E-state index contributed by atoms with van der Waals surface area (Å²) in [5, 5.41) is 9.18. The van der Waals surface area contributed by atoms with Crippen molar-refractivity contribution in [3.63, 3.8) is 0 Å². The summed E-state index contributed by atoms with van der Waals surface area (Å²) >= 11 is 0. The van der Waals surface area contributed by atoms with Gasteiger partial charge >= 0.3 is 6.09 Å². The standard InChI is InChI=1S/C14H25NO4/c1-13(2,3)19-12(17)15-6-4-5-14(9-15)7-11(8-16)18-10-14/h11,16H,4-10H2,1-3H3/t11-,14-/m0/s1. The Bertz CT molecular complexity index is 339. The van der Waals surface area contributed by atoms with E-state index in [9.17, 15) is 9.90 Å². The molecule has 2 saturated heterocycles. The van der Waals surface area contributed by atoms with Crippen LogP contribution in [0.1, 0.15) is 40.0 Å². The van der Waals surface area contributed by atoms with Gasteiger partial charge in [0.15, 0.2) is 0 Å². The number of amides is 1. The van der Waals surface area contributed by atoms with Gasteiger partial charge < -0.3 is 19.5 Å². The van der Waals surface area contributed by atoms with Crippen molar-refractivity contribution in [3.8, 4) is 0 Å². The number of nitrogens with zero attached hydrogens (tertiary/aromatic N) is 1.